The van der Waals surface area contributed by atoms with Gasteiger partial charge < -0.3 is 19.2 Å². The number of hydrogen-bond donors (Lipinski definition) is 1. The van der Waals surface area contributed by atoms with Gasteiger partial charge in [0.1, 0.15) is 23.3 Å². The minimum absolute atomic E-state index is 0.0387. The molecular formula is C23H18N2O7. The first-order valence-corrected chi connectivity index (χ1v) is 9.61. The fourth-order valence-corrected chi connectivity index (χ4v) is 3.70. The third-order valence-electron chi connectivity index (χ3n) is 5.24. The lowest BCUT2D eigenvalue weighted by Crippen LogP contribution is -2.29. The van der Waals surface area contributed by atoms with E-state index in [1.807, 2.05) is 0 Å². The molecule has 1 aliphatic heterocycles. The molecule has 0 aliphatic carbocycles. The van der Waals surface area contributed by atoms with Crippen molar-refractivity contribution < 1.29 is 28.8 Å². The van der Waals surface area contributed by atoms with Gasteiger partial charge in [-0.25, -0.2) is 0 Å². The Hall–Kier alpha value is -4.40. The number of hydrogen-bond acceptors (Lipinski definition) is 7. The van der Waals surface area contributed by atoms with Gasteiger partial charge in [0.25, 0.3) is 17.4 Å². The number of ketones is 1. The van der Waals surface area contributed by atoms with Crippen molar-refractivity contribution in [1.82, 2.24) is 4.90 Å². The number of carbonyl (C=O) groups is 2. The molecule has 1 unspecified atom stereocenters. The van der Waals surface area contributed by atoms with E-state index in [-0.39, 0.29) is 23.4 Å². The Morgan fingerprint density at radius 3 is 2.47 bits per heavy atom. The van der Waals surface area contributed by atoms with Crippen LogP contribution >= 0.6 is 0 Å². The maximum atomic E-state index is 13.0. The summed E-state index contributed by atoms with van der Waals surface area (Å²) in [6, 6.07) is 14.4. The highest BCUT2D eigenvalue weighted by Gasteiger charge is 2.47. The number of amides is 1. The number of ether oxygens (including phenoxy) is 1. The highest BCUT2D eigenvalue weighted by molar-refractivity contribution is 6.46. The van der Waals surface area contributed by atoms with Crippen LogP contribution in [0.15, 0.2) is 76.9 Å². The molecule has 9 heteroatoms. The van der Waals surface area contributed by atoms with Crippen molar-refractivity contribution in [3.8, 4) is 5.75 Å². The second-order valence-electron chi connectivity index (χ2n) is 7.06. The summed E-state index contributed by atoms with van der Waals surface area (Å²) in [5.74, 6) is -1.29. The van der Waals surface area contributed by atoms with Crippen LogP contribution in [-0.4, -0.2) is 33.7 Å². The van der Waals surface area contributed by atoms with Crippen LogP contribution in [0.1, 0.15) is 22.9 Å². The van der Waals surface area contributed by atoms with Crippen LogP contribution in [-0.2, 0) is 16.1 Å². The van der Waals surface area contributed by atoms with Crippen LogP contribution in [0.25, 0.3) is 5.76 Å². The van der Waals surface area contributed by atoms with E-state index < -0.39 is 28.4 Å². The summed E-state index contributed by atoms with van der Waals surface area (Å²) < 4.78 is 10.8. The number of aliphatic hydroxyl groups excluding tert-OH is 1. The van der Waals surface area contributed by atoms with E-state index in [0.717, 1.165) is 0 Å². The molecule has 1 aliphatic rings. The second-order valence-corrected chi connectivity index (χ2v) is 7.06. The monoisotopic (exact) mass is 434 g/mol. The van der Waals surface area contributed by atoms with Gasteiger partial charge in [-0.1, -0.05) is 18.2 Å². The lowest BCUT2D eigenvalue weighted by atomic mass is 9.99. The summed E-state index contributed by atoms with van der Waals surface area (Å²) >= 11 is 0. The summed E-state index contributed by atoms with van der Waals surface area (Å²) in [6.45, 7) is 0.0387. The SMILES string of the molecule is COc1ccccc1CN1C(=O)C(=O)/C(=C(\O)c2ccc([N+](=O)[O-])cc2)C1c1ccco1. The number of Topliss-reactive ketones (excluding diaryl/α,β-unsaturated/α-hetero) is 1. The third-order valence-corrected chi connectivity index (χ3v) is 5.24. The lowest BCUT2D eigenvalue weighted by Gasteiger charge is -2.24. The topological polar surface area (TPSA) is 123 Å². The van der Waals surface area contributed by atoms with E-state index in [1.165, 1.54) is 42.5 Å². The zero-order chi connectivity index (χ0) is 22.8. The molecule has 162 valence electrons. The van der Waals surface area contributed by atoms with Gasteiger partial charge in [0.15, 0.2) is 0 Å². The Balaban J connectivity index is 1.81. The third kappa shape index (κ3) is 3.60. The Labute approximate surface area is 182 Å². The summed E-state index contributed by atoms with van der Waals surface area (Å²) in [5.41, 5.74) is 0.515. The first kappa shape index (κ1) is 20.9. The Morgan fingerprint density at radius 1 is 1.12 bits per heavy atom. The average Bonchev–Trinajstić information content (AvgIpc) is 3.42. The number of nitro groups is 1. The van der Waals surface area contributed by atoms with Crippen LogP contribution in [0.2, 0.25) is 0 Å². The second kappa shape index (κ2) is 8.38. The van der Waals surface area contributed by atoms with Crippen molar-refractivity contribution in [3.63, 3.8) is 0 Å². The first-order valence-electron chi connectivity index (χ1n) is 9.61. The number of methoxy groups -OCH3 is 1. The maximum absolute atomic E-state index is 13.0. The van der Waals surface area contributed by atoms with Crippen molar-refractivity contribution >= 4 is 23.1 Å². The van der Waals surface area contributed by atoms with Gasteiger partial charge in [-0.3, -0.25) is 19.7 Å². The van der Waals surface area contributed by atoms with E-state index in [0.29, 0.717) is 17.1 Å². The van der Waals surface area contributed by atoms with Crippen molar-refractivity contribution in [1.29, 1.82) is 0 Å². The minimum atomic E-state index is -0.981. The molecule has 0 bridgehead atoms. The molecular weight excluding hydrogens is 416 g/mol. The first-order chi connectivity index (χ1) is 15.4. The van der Waals surface area contributed by atoms with Crippen molar-refractivity contribution in [2.45, 2.75) is 12.6 Å². The molecule has 3 aromatic rings. The van der Waals surface area contributed by atoms with Crippen molar-refractivity contribution in [2.24, 2.45) is 0 Å². The van der Waals surface area contributed by atoms with E-state index >= 15 is 0 Å². The van der Waals surface area contributed by atoms with Crippen molar-refractivity contribution in [3.05, 3.63) is 99.5 Å². The average molecular weight is 434 g/mol. The molecule has 1 amide bonds. The Bertz CT molecular complexity index is 1210. The molecule has 1 aromatic heterocycles. The molecule has 9 nitrogen and oxygen atoms in total. The van der Waals surface area contributed by atoms with Crippen molar-refractivity contribution in [2.75, 3.05) is 7.11 Å². The molecule has 4 rings (SSSR count). The van der Waals surface area contributed by atoms with Crippen LogP contribution in [0.3, 0.4) is 0 Å². The number of furan rings is 1. The maximum Gasteiger partial charge on any atom is 0.296 e. The van der Waals surface area contributed by atoms with E-state index in [2.05, 4.69) is 0 Å². The lowest BCUT2D eigenvalue weighted by molar-refractivity contribution is -0.384. The van der Waals surface area contributed by atoms with Gasteiger partial charge >= 0.3 is 0 Å². The summed E-state index contributed by atoms with van der Waals surface area (Å²) in [6.07, 6.45) is 1.41. The molecule has 32 heavy (non-hydrogen) atoms. The fourth-order valence-electron chi connectivity index (χ4n) is 3.70. The standard InChI is InChI=1S/C23H18N2O7/c1-31-17-6-3-2-5-15(17)13-24-20(18-7-4-12-32-18)19(22(27)23(24)28)21(26)14-8-10-16(11-9-14)25(29)30/h2-12,20,26H,13H2,1H3/b21-19-. The van der Waals surface area contributed by atoms with Gasteiger partial charge in [0.05, 0.1) is 30.4 Å². The van der Waals surface area contributed by atoms with E-state index in [4.69, 9.17) is 9.15 Å². The molecule has 1 saturated heterocycles. The highest BCUT2D eigenvalue weighted by Crippen LogP contribution is 2.41. The van der Waals surface area contributed by atoms with Gasteiger partial charge in [-0.05, 0) is 30.3 Å². The summed E-state index contributed by atoms with van der Waals surface area (Å²) in [5, 5.41) is 21.8. The predicted octanol–water partition coefficient (Wildman–Crippen LogP) is 3.82. The number of carbonyl (C=O) groups excluding carboxylic acids is 2. The molecule has 1 N–H and O–H groups in total. The Morgan fingerprint density at radius 2 is 1.84 bits per heavy atom. The van der Waals surface area contributed by atoms with Gasteiger partial charge in [-0.2, -0.15) is 0 Å². The summed E-state index contributed by atoms with van der Waals surface area (Å²) in [4.78, 5) is 37.6. The number of benzene rings is 2. The highest BCUT2D eigenvalue weighted by atomic mass is 16.6. The molecule has 1 fully saturated rings. The van der Waals surface area contributed by atoms with E-state index in [1.54, 1.807) is 36.4 Å². The number of aliphatic hydroxyl groups is 1. The number of nitro benzene ring substituents is 1. The number of likely N-dealkylation sites (tertiary alicyclic amines) is 1. The summed E-state index contributed by atoms with van der Waals surface area (Å²) in [7, 11) is 1.51. The number of rotatable bonds is 6. The fraction of sp³-hybridized carbons (Fsp3) is 0.130. The normalized spacial score (nSPS) is 17.5. The van der Waals surface area contributed by atoms with Gasteiger partial charge in [0.2, 0.25) is 0 Å². The smallest absolute Gasteiger partial charge is 0.296 e. The number of non-ortho nitro benzene ring substituents is 1. The molecule has 0 spiro atoms. The molecule has 0 saturated carbocycles. The number of nitrogens with zero attached hydrogens (tertiary/aromatic N) is 2. The minimum Gasteiger partial charge on any atom is -0.507 e. The van der Waals surface area contributed by atoms with Crippen LogP contribution < -0.4 is 4.74 Å². The Kier molecular flexibility index (Phi) is 5.46. The van der Waals surface area contributed by atoms with Gasteiger partial charge in [-0.15, -0.1) is 0 Å². The van der Waals surface area contributed by atoms with Crippen LogP contribution in [0.4, 0.5) is 5.69 Å². The molecule has 2 aromatic carbocycles. The quantitative estimate of drug-likeness (QED) is 0.206. The van der Waals surface area contributed by atoms with E-state index in [9.17, 15) is 24.8 Å². The zero-order valence-corrected chi connectivity index (χ0v) is 16.9. The largest absolute Gasteiger partial charge is 0.507 e. The van der Waals surface area contributed by atoms with Gasteiger partial charge in [0, 0.05) is 23.3 Å². The molecule has 2 heterocycles. The van der Waals surface area contributed by atoms with Crippen LogP contribution in [0.5, 0.6) is 5.75 Å². The van der Waals surface area contributed by atoms with Crippen LogP contribution in [0, 0.1) is 10.1 Å². The molecule has 0 radical (unpaired) electrons. The number of para-hydroxylation sites is 1. The zero-order valence-electron chi connectivity index (χ0n) is 16.9. The predicted molar refractivity (Wildman–Crippen MR) is 113 cm³/mol. The molecule has 1 atom stereocenters.